The zero-order valence-electron chi connectivity index (χ0n) is 11.8. The number of hydrogen-bond donors (Lipinski definition) is 1. The Kier molecular flexibility index (Phi) is 3.37. The lowest BCUT2D eigenvalue weighted by atomic mass is 9.95. The molecule has 3 rings (SSSR count). The van der Waals surface area contributed by atoms with Gasteiger partial charge in [0.25, 0.3) is 0 Å². The molecule has 6 nitrogen and oxygen atoms in total. The summed E-state index contributed by atoms with van der Waals surface area (Å²) >= 11 is 1.08. The first kappa shape index (κ1) is 14.9. The Morgan fingerprint density at radius 2 is 2.05 bits per heavy atom. The van der Waals surface area contributed by atoms with Crippen molar-refractivity contribution in [3.8, 4) is 5.75 Å². The third-order valence-electron chi connectivity index (χ3n) is 3.17. The van der Waals surface area contributed by atoms with Crippen LogP contribution in [0.1, 0.15) is 19.4 Å². The first-order valence-electron chi connectivity index (χ1n) is 6.40. The lowest BCUT2D eigenvalue weighted by Gasteiger charge is -2.32. The van der Waals surface area contributed by atoms with E-state index < -0.39 is 21.8 Å². The number of ether oxygens (including phenoxy) is 1. The Hall–Kier alpha value is -2.06. The van der Waals surface area contributed by atoms with Crippen molar-refractivity contribution in [2.45, 2.75) is 23.7 Å². The fourth-order valence-electron chi connectivity index (χ4n) is 2.18. The van der Waals surface area contributed by atoms with Crippen molar-refractivity contribution in [3.05, 3.63) is 41.3 Å². The molecule has 2 aromatic rings. The van der Waals surface area contributed by atoms with Gasteiger partial charge < -0.3 is 8.92 Å². The van der Waals surface area contributed by atoms with Gasteiger partial charge in [-0.15, -0.1) is 11.3 Å². The quantitative estimate of drug-likeness (QED) is 0.868. The standard InChI is InChI=1S/C14H13NO5S2/c1-14(2)10-8-9(5-6-11(10)15-13(16)19-14)20-22(17,18)12-4-3-7-21-12/h3-8H,1-2H3,(H,15,16). The highest BCUT2D eigenvalue weighted by atomic mass is 32.3. The first-order chi connectivity index (χ1) is 10.3. The summed E-state index contributed by atoms with van der Waals surface area (Å²) in [4.78, 5) is 11.5. The van der Waals surface area contributed by atoms with Crippen LogP contribution in [0.15, 0.2) is 39.9 Å². The van der Waals surface area contributed by atoms with Gasteiger partial charge in [-0.2, -0.15) is 8.42 Å². The predicted octanol–water partition coefficient (Wildman–Crippen LogP) is 3.31. The zero-order chi connectivity index (χ0) is 16.0. The molecule has 0 saturated carbocycles. The van der Waals surface area contributed by atoms with Crippen LogP contribution < -0.4 is 9.50 Å². The Balaban J connectivity index is 1.96. The SMILES string of the molecule is CC1(C)OC(=O)Nc2ccc(OS(=O)(=O)c3cccs3)cc21. The van der Waals surface area contributed by atoms with E-state index in [2.05, 4.69) is 5.32 Å². The van der Waals surface area contributed by atoms with Crippen molar-refractivity contribution < 1.29 is 22.1 Å². The van der Waals surface area contributed by atoms with Crippen LogP contribution in [0.25, 0.3) is 0 Å². The highest BCUT2D eigenvalue weighted by Crippen LogP contribution is 2.38. The zero-order valence-corrected chi connectivity index (χ0v) is 13.5. The van der Waals surface area contributed by atoms with Crippen LogP contribution in [0.4, 0.5) is 10.5 Å². The molecule has 1 aliphatic heterocycles. The Labute approximate surface area is 131 Å². The number of anilines is 1. The molecule has 0 unspecified atom stereocenters. The Morgan fingerprint density at radius 3 is 2.73 bits per heavy atom. The van der Waals surface area contributed by atoms with Gasteiger partial charge in [0.05, 0.1) is 5.69 Å². The summed E-state index contributed by atoms with van der Waals surface area (Å²) in [5.74, 6) is 0.167. The summed E-state index contributed by atoms with van der Waals surface area (Å²) in [6, 6.07) is 7.76. The van der Waals surface area contributed by atoms with Gasteiger partial charge in [0.1, 0.15) is 11.4 Å². The third-order valence-corrected chi connectivity index (χ3v) is 5.78. The topological polar surface area (TPSA) is 81.7 Å². The molecule has 116 valence electrons. The summed E-state index contributed by atoms with van der Waals surface area (Å²) in [7, 11) is -3.85. The minimum atomic E-state index is -3.85. The summed E-state index contributed by atoms with van der Waals surface area (Å²) in [6.45, 7) is 3.45. The van der Waals surface area contributed by atoms with Gasteiger partial charge in [0.2, 0.25) is 0 Å². The molecule has 0 spiro atoms. The molecule has 0 fully saturated rings. The fourth-order valence-corrected chi connectivity index (χ4v) is 4.05. The molecule has 1 aliphatic rings. The highest BCUT2D eigenvalue weighted by molar-refractivity contribution is 7.89. The molecule has 0 aliphatic carbocycles. The van der Waals surface area contributed by atoms with Gasteiger partial charge in [-0.05, 0) is 43.5 Å². The number of hydrogen-bond acceptors (Lipinski definition) is 6. The molecule has 0 radical (unpaired) electrons. The summed E-state index contributed by atoms with van der Waals surface area (Å²) in [5, 5.41) is 4.23. The van der Waals surface area contributed by atoms with E-state index >= 15 is 0 Å². The van der Waals surface area contributed by atoms with Crippen molar-refractivity contribution in [2.24, 2.45) is 0 Å². The highest BCUT2D eigenvalue weighted by Gasteiger charge is 2.34. The van der Waals surface area contributed by atoms with Gasteiger partial charge in [-0.3, -0.25) is 5.32 Å². The van der Waals surface area contributed by atoms with E-state index in [-0.39, 0.29) is 9.96 Å². The van der Waals surface area contributed by atoms with Crippen molar-refractivity contribution in [1.82, 2.24) is 0 Å². The molecule has 0 saturated heterocycles. The summed E-state index contributed by atoms with van der Waals surface area (Å²) in [5.41, 5.74) is 0.345. The maximum absolute atomic E-state index is 12.1. The van der Waals surface area contributed by atoms with Crippen LogP contribution in [0.5, 0.6) is 5.75 Å². The van der Waals surface area contributed by atoms with Crippen molar-refractivity contribution in [1.29, 1.82) is 0 Å². The van der Waals surface area contributed by atoms with Crippen LogP contribution in [0.3, 0.4) is 0 Å². The lowest BCUT2D eigenvalue weighted by molar-refractivity contribution is 0.0419. The van der Waals surface area contributed by atoms with E-state index in [9.17, 15) is 13.2 Å². The number of amides is 1. The number of cyclic esters (lactones) is 1. The second-order valence-electron chi connectivity index (χ2n) is 5.20. The average molecular weight is 339 g/mol. The monoisotopic (exact) mass is 339 g/mol. The van der Waals surface area contributed by atoms with Gasteiger partial charge in [-0.25, -0.2) is 4.79 Å². The largest absolute Gasteiger partial charge is 0.438 e. The smallest absolute Gasteiger partial charge is 0.412 e. The molecule has 0 bridgehead atoms. The van der Waals surface area contributed by atoms with Crippen LogP contribution >= 0.6 is 11.3 Å². The van der Waals surface area contributed by atoms with E-state index in [1.165, 1.54) is 12.1 Å². The summed E-state index contributed by atoms with van der Waals surface area (Å²) < 4.78 is 34.7. The van der Waals surface area contributed by atoms with Crippen LogP contribution in [0, 0.1) is 0 Å². The van der Waals surface area contributed by atoms with Crippen molar-refractivity contribution in [3.63, 3.8) is 0 Å². The molecule has 2 heterocycles. The normalized spacial score (nSPS) is 16.4. The van der Waals surface area contributed by atoms with Crippen LogP contribution in [-0.4, -0.2) is 14.5 Å². The van der Waals surface area contributed by atoms with Crippen LogP contribution in [0.2, 0.25) is 0 Å². The molecule has 1 N–H and O–H groups in total. The third kappa shape index (κ3) is 2.67. The van der Waals surface area contributed by atoms with Gasteiger partial charge in [-0.1, -0.05) is 6.07 Å². The maximum atomic E-state index is 12.1. The number of nitrogens with one attached hydrogen (secondary N) is 1. The van der Waals surface area contributed by atoms with Crippen molar-refractivity contribution in [2.75, 3.05) is 5.32 Å². The number of benzene rings is 1. The van der Waals surface area contributed by atoms with E-state index in [0.29, 0.717) is 11.3 Å². The second kappa shape index (κ2) is 4.99. The predicted molar refractivity (Wildman–Crippen MR) is 81.7 cm³/mol. The minimum Gasteiger partial charge on any atom is -0.438 e. The molecule has 1 aromatic heterocycles. The molecule has 22 heavy (non-hydrogen) atoms. The van der Waals surface area contributed by atoms with Crippen LogP contribution in [-0.2, 0) is 20.5 Å². The minimum absolute atomic E-state index is 0.133. The number of carbonyl (C=O) groups is 1. The second-order valence-corrected chi connectivity index (χ2v) is 7.92. The fraction of sp³-hybridized carbons (Fsp3) is 0.214. The molecule has 8 heteroatoms. The van der Waals surface area contributed by atoms with E-state index in [1.807, 2.05) is 0 Å². The average Bonchev–Trinajstić information content (AvgIpc) is 2.93. The van der Waals surface area contributed by atoms with E-state index in [4.69, 9.17) is 8.92 Å². The summed E-state index contributed by atoms with van der Waals surface area (Å²) in [6.07, 6.45) is -0.544. The number of rotatable bonds is 3. The van der Waals surface area contributed by atoms with Gasteiger partial charge >= 0.3 is 16.2 Å². The number of thiophene rings is 1. The first-order valence-corrected chi connectivity index (χ1v) is 8.69. The van der Waals surface area contributed by atoms with E-state index in [0.717, 1.165) is 11.3 Å². The molecular weight excluding hydrogens is 326 g/mol. The Bertz CT molecular complexity index is 825. The maximum Gasteiger partial charge on any atom is 0.412 e. The van der Waals surface area contributed by atoms with Gasteiger partial charge in [0.15, 0.2) is 4.21 Å². The lowest BCUT2D eigenvalue weighted by Crippen LogP contribution is -2.34. The van der Waals surface area contributed by atoms with E-state index in [1.54, 1.807) is 37.4 Å². The Morgan fingerprint density at radius 1 is 1.27 bits per heavy atom. The molecule has 1 aromatic carbocycles. The number of carbonyl (C=O) groups excluding carboxylic acids is 1. The molecule has 0 atom stereocenters. The van der Waals surface area contributed by atoms with Gasteiger partial charge in [0, 0.05) is 5.56 Å². The number of fused-ring (bicyclic) bond motifs is 1. The molecular formula is C14H13NO5S2. The van der Waals surface area contributed by atoms with Crippen molar-refractivity contribution >= 4 is 33.2 Å². The molecule has 1 amide bonds.